The summed E-state index contributed by atoms with van der Waals surface area (Å²) in [4.78, 5) is 27.3. The highest BCUT2D eigenvalue weighted by molar-refractivity contribution is 6.37. The van der Waals surface area contributed by atoms with Crippen molar-refractivity contribution in [3.05, 3.63) is 55.5 Å². The molecular weight excluding hydrogens is 538 g/mol. The number of anilines is 2. The number of hydroxylamine groups is 2. The monoisotopic (exact) mass is 563 g/mol. The number of nitrogens with zero attached hydrogens (tertiary/aromatic N) is 4. The first kappa shape index (κ1) is 28.0. The van der Waals surface area contributed by atoms with Crippen LogP contribution in [0.25, 0.3) is 0 Å². The number of amides is 2. The van der Waals surface area contributed by atoms with Crippen molar-refractivity contribution in [3.63, 3.8) is 0 Å². The number of piperazine rings is 1. The van der Waals surface area contributed by atoms with Crippen molar-refractivity contribution in [2.75, 3.05) is 56.4 Å². The standard InChI is InChI=1S/C23H27Cl4N4O4/c1-14-18(24)8-16(9-19(14)25)29(34)22(32)12-28-4-6-31(3,7-5-28)13-23(33)30(35)17-10-20(26)15(2)21(27)11-17/h8-11,34-35H,4-7,12-13H2,1-3H3/q+1. The van der Waals surface area contributed by atoms with E-state index in [0.29, 0.717) is 72.0 Å². The molecule has 0 saturated carbocycles. The molecule has 1 heterocycles. The Kier molecular flexibility index (Phi) is 8.94. The molecule has 1 saturated heterocycles. The van der Waals surface area contributed by atoms with Crippen molar-refractivity contribution in [2.45, 2.75) is 13.8 Å². The summed E-state index contributed by atoms with van der Waals surface area (Å²) in [6, 6.07) is 5.93. The van der Waals surface area contributed by atoms with Gasteiger partial charge in [0.25, 0.3) is 5.91 Å². The van der Waals surface area contributed by atoms with Crippen molar-refractivity contribution < 1.29 is 24.5 Å². The van der Waals surface area contributed by atoms with E-state index in [0.717, 1.165) is 0 Å². The fraction of sp³-hybridized carbons (Fsp3) is 0.391. The topological polar surface area (TPSA) is 84.3 Å². The third kappa shape index (κ3) is 6.58. The third-order valence-electron chi connectivity index (χ3n) is 6.28. The highest BCUT2D eigenvalue weighted by atomic mass is 35.5. The predicted molar refractivity (Wildman–Crippen MR) is 138 cm³/mol. The van der Waals surface area contributed by atoms with E-state index in [1.54, 1.807) is 13.8 Å². The molecular formula is C23H27Cl4N4O4+. The molecule has 0 aliphatic carbocycles. The molecule has 1 aliphatic rings. The normalized spacial score (nSPS) is 15.7. The zero-order chi connectivity index (χ0) is 26.1. The largest absolute Gasteiger partial charge is 0.316 e. The number of hydrogen-bond donors (Lipinski definition) is 2. The van der Waals surface area contributed by atoms with E-state index in [2.05, 4.69) is 0 Å². The minimum atomic E-state index is -0.525. The molecule has 0 bridgehead atoms. The number of quaternary nitrogens is 1. The van der Waals surface area contributed by atoms with Gasteiger partial charge in [-0.05, 0) is 49.2 Å². The second-order valence-electron chi connectivity index (χ2n) is 8.98. The molecule has 8 nitrogen and oxygen atoms in total. The van der Waals surface area contributed by atoms with Crippen LogP contribution < -0.4 is 10.1 Å². The molecule has 2 amide bonds. The first-order valence-corrected chi connectivity index (χ1v) is 12.3. The summed E-state index contributed by atoms with van der Waals surface area (Å²) in [5, 5.41) is 23.3. The molecule has 190 valence electrons. The zero-order valence-corrected chi connectivity index (χ0v) is 22.6. The molecule has 35 heavy (non-hydrogen) atoms. The Bertz CT molecular complexity index is 1090. The second kappa shape index (κ2) is 11.2. The molecule has 0 aromatic heterocycles. The average molecular weight is 565 g/mol. The minimum absolute atomic E-state index is 0.0138. The van der Waals surface area contributed by atoms with Gasteiger partial charge in [0.1, 0.15) is 0 Å². The van der Waals surface area contributed by atoms with Crippen LogP contribution in [-0.2, 0) is 9.59 Å². The fourth-order valence-corrected chi connectivity index (χ4v) is 4.70. The molecule has 2 aromatic carbocycles. The summed E-state index contributed by atoms with van der Waals surface area (Å²) in [5.41, 5.74) is 1.72. The number of carbonyl (C=O) groups is 2. The molecule has 12 heteroatoms. The first-order chi connectivity index (χ1) is 16.3. The predicted octanol–water partition coefficient (Wildman–Crippen LogP) is 4.82. The van der Waals surface area contributed by atoms with E-state index < -0.39 is 11.8 Å². The summed E-state index contributed by atoms with van der Waals surface area (Å²) < 4.78 is 0.375. The van der Waals surface area contributed by atoms with Crippen LogP contribution in [0, 0.1) is 13.8 Å². The van der Waals surface area contributed by atoms with Crippen LogP contribution >= 0.6 is 46.4 Å². The van der Waals surface area contributed by atoms with E-state index >= 15 is 0 Å². The molecule has 1 aliphatic heterocycles. The summed E-state index contributed by atoms with van der Waals surface area (Å²) in [7, 11) is 1.91. The first-order valence-electron chi connectivity index (χ1n) is 10.8. The van der Waals surface area contributed by atoms with Gasteiger partial charge in [-0.3, -0.25) is 24.9 Å². The average Bonchev–Trinajstić information content (AvgIpc) is 2.80. The number of halogens is 4. The van der Waals surface area contributed by atoms with Gasteiger partial charge in [0.15, 0.2) is 6.54 Å². The van der Waals surface area contributed by atoms with Crippen LogP contribution in [0.3, 0.4) is 0 Å². The van der Waals surface area contributed by atoms with Gasteiger partial charge in [0, 0.05) is 33.2 Å². The lowest BCUT2D eigenvalue weighted by Gasteiger charge is -2.41. The third-order valence-corrected chi connectivity index (χ3v) is 7.85. The van der Waals surface area contributed by atoms with Crippen LogP contribution in [0.15, 0.2) is 24.3 Å². The number of rotatable bonds is 6. The smallest absolute Gasteiger partial charge is 0.305 e. The number of hydrogen-bond acceptors (Lipinski definition) is 5. The molecule has 2 N–H and O–H groups in total. The Morgan fingerprint density at radius 3 is 1.60 bits per heavy atom. The molecule has 0 atom stereocenters. The number of benzene rings is 2. The summed E-state index contributed by atoms with van der Waals surface area (Å²) in [6.07, 6.45) is 0. The SMILES string of the molecule is Cc1c(Cl)cc(N(O)C(=O)CN2CC[N+](C)(CC(=O)N(O)c3cc(Cl)c(C)c(Cl)c3)CC2)cc1Cl. The quantitative estimate of drug-likeness (QED) is 0.298. The van der Waals surface area contributed by atoms with Gasteiger partial charge in [0.2, 0.25) is 0 Å². The Morgan fingerprint density at radius 1 is 0.829 bits per heavy atom. The van der Waals surface area contributed by atoms with Crippen LogP contribution in [0.2, 0.25) is 20.1 Å². The van der Waals surface area contributed by atoms with Crippen LogP contribution in [0.4, 0.5) is 11.4 Å². The number of likely N-dealkylation sites (N-methyl/N-ethyl adjacent to an activating group) is 1. The van der Waals surface area contributed by atoms with Gasteiger partial charge in [0.05, 0.1) is 38.1 Å². The van der Waals surface area contributed by atoms with Crippen LogP contribution in [-0.4, -0.2) is 77.9 Å². The fourth-order valence-electron chi connectivity index (χ4n) is 3.75. The summed E-state index contributed by atoms with van der Waals surface area (Å²) in [6.45, 7) is 5.70. The maximum Gasteiger partial charge on any atom is 0.305 e. The molecule has 2 aromatic rings. The maximum absolute atomic E-state index is 12.8. The lowest BCUT2D eigenvalue weighted by Crippen LogP contribution is -2.61. The second-order valence-corrected chi connectivity index (χ2v) is 10.6. The maximum atomic E-state index is 12.8. The Labute approximate surface area is 224 Å². The van der Waals surface area contributed by atoms with Crippen LogP contribution in [0.1, 0.15) is 11.1 Å². The zero-order valence-electron chi connectivity index (χ0n) is 19.6. The van der Waals surface area contributed by atoms with Crippen molar-refractivity contribution in [1.29, 1.82) is 0 Å². The van der Waals surface area contributed by atoms with Gasteiger partial charge in [-0.25, -0.2) is 0 Å². The summed E-state index contributed by atoms with van der Waals surface area (Å²) >= 11 is 24.5. The lowest BCUT2D eigenvalue weighted by molar-refractivity contribution is -0.906. The van der Waals surface area contributed by atoms with E-state index in [1.165, 1.54) is 24.3 Å². The molecule has 3 rings (SSSR count). The van der Waals surface area contributed by atoms with Gasteiger partial charge in [-0.15, -0.1) is 0 Å². The molecule has 1 fully saturated rings. The highest BCUT2D eigenvalue weighted by Gasteiger charge is 2.34. The van der Waals surface area contributed by atoms with E-state index in [1.807, 2.05) is 11.9 Å². The minimum Gasteiger partial charge on any atom is -0.316 e. The van der Waals surface area contributed by atoms with E-state index in [9.17, 15) is 20.0 Å². The molecule has 0 unspecified atom stereocenters. The Hall–Kier alpha value is -1.62. The Balaban J connectivity index is 1.56. The van der Waals surface area contributed by atoms with Gasteiger partial charge < -0.3 is 4.48 Å². The van der Waals surface area contributed by atoms with E-state index in [4.69, 9.17) is 46.4 Å². The molecule has 0 radical (unpaired) electrons. The van der Waals surface area contributed by atoms with Crippen LogP contribution in [0.5, 0.6) is 0 Å². The van der Waals surface area contributed by atoms with Crippen molar-refractivity contribution in [3.8, 4) is 0 Å². The molecule has 0 spiro atoms. The van der Waals surface area contributed by atoms with Crippen molar-refractivity contribution in [2.24, 2.45) is 0 Å². The lowest BCUT2D eigenvalue weighted by atomic mass is 10.2. The Morgan fingerprint density at radius 2 is 1.20 bits per heavy atom. The van der Waals surface area contributed by atoms with E-state index in [-0.39, 0.29) is 24.5 Å². The van der Waals surface area contributed by atoms with Gasteiger partial charge >= 0.3 is 5.91 Å². The van der Waals surface area contributed by atoms with Crippen molar-refractivity contribution >= 4 is 69.6 Å². The van der Waals surface area contributed by atoms with Gasteiger partial charge in [-0.2, -0.15) is 10.1 Å². The van der Waals surface area contributed by atoms with Crippen molar-refractivity contribution in [1.82, 2.24) is 4.90 Å². The number of carbonyl (C=O) groups excluding carboxylic acids is 2. The highest BCUT2D eigenvalue weighted by Crippen LogP contribution is 2.31. The van der Waals surface area contributed by atoms with Gasteiger partial charge in [-0.1, -0.05) is 46.4 Å². The summed E-state index contributed by atoms with van der Waals surface area (Å²) in [5.74, 6) is -1.02.